The maximum absolute atomic E-state index is 12.8. The number of phenolic OH excluding ortho intramolecular Hbond substituents is 1. The van der Waals surface area contributed by atoms with Crippen molar-refractivity contribution in [3.63, 3.8) is 0 Å². The van der Waals surface area contributed by atoms with Gasteiger partial charge in [-0.2, -0.15) is 23.4 Å². The van der Waals surface area contributed by atoms with Gasteiger partial charge < -0.3 is 5.11 Å². The van der Waals surface area contributed by atoms with Crippen molar-refractivity contribution in [2.24, 2.45) is 0 Å². The van der Waals surface area contributed by atoms with E-state index in [1.807, 2.05) is 0 Å². The summed E-state index contributed by atoms with van der Waals surface area (Å²) >= 11 is 0. The fraction of sp³-hybridized carbons (Fsp3) is 0.412. The number of phenols is 1. The molecule has 128 valence electrons. The average molecular weight is 337 g/mol. The molecule has 1 saturated heterocycles. The van der Waals surface area contributed by atoms with E-state index in [9.17, 15) is 18.3 Å². The minimum absolute atomic E-state index is 0.281. The highest BCUT2D eigenvalue weighted by Crippen LogP contribution is 2.38. The molecule has 0 atom stereocenters. The Bertz CT molecular complexity index is 700. The molecule has 0 aliphatic carbocycles. The smallest absolute Gasteiger partial charge is 0.416 e. The van der Waals surface area contributed by atoms with E-state index in [0.29, 0.717) is 17.8 Å². The first-order valence-corrected chi connectivity index (χ1v) is 7.81. The molecular formula is C17H18F3N3O. The number of hydrogen-bond donors (Lipinski definition) is 1. The van der Waals surface area contributed by atoms with Crippen molar-refractivity contribution in [2.75, 3.05) is 13.1 Å². The van der Waals surface area contributed by atoms with E-state index in [2.05, 4.69) is 15.1 Å². The van der Waals surface area contributed by atoms with E-state index < -0.39 is 17.5 Å². The topological polar surface area (TPSA) is 49.2 Å². The van der Waals surface area contributed by atoms with Crippen LogP contribution in [0.4, 0.5) is 13.2 Å². The Labute approximate surface area is 137 Å². The van der Waals surface area contributed by atoms with Gasteiger partial charge in [-0.25, -0.2) is 0 Å². The van der Waals surface area contributed by atoms with Crippen LogP contribution in [0.25, 0.3) is 11.3 Å². The number of halogens is 3. The lowest BCUT2D eigenvalue weighted by molar-refractivity contribution is -0.137. The monoisotopic (exact) mass is 337 g/mol. The van der Waals surface area contributed by atoms with Gasteiger partial charge in [0.05, 0.1) is 17.0 Å². The summed E-state index contributed by atoms with van der Waals surface area (Å²) in [5, 5.41) is 18.2. The van der Waals surface area contributed by atoms with Crippen LogP contribution < -0.4 is 0 Å². The molecule has 4 nitrogen and oxygen atoms in total. The Balaban J connectivity index is 1.86. The highest BCUT2D eigenvalue weighted by molar-refractivity contribution is 5.71. The van der Waals surface area contributed by atoms with Gasteiger partial charge in [-0.1, -0.05) is 0 Å². The molecule has 1 fully saturated rings. The molecule has 7 heteroatoms. The molecule has 1 aliphatic rings. The third kappa shape index (κ3) is 3.51. The van der Waals surface area contributed by atoms with Gasteiger partial charge in [0.1, 0.15) is 5.75 Å². The zero-order valence-electron chi connectivity index (χ0n) is 13.3. The number of aryl methyl sites for hydroxylation is 1. The largest absolute Gasteiger partial charge is 0.507 e. The molecule has 0 spiro atoms. The maximum Gasteiger partial charge on any atom is 0.416 e. The van der Waals surface area contributed by atoms with Crippen molar-refractivity contribution in [1.82, 2.24) is 15.1 Å². The number of benzene rings is 1. The normalized spacial score (nSPS) is 15.8. The Kier molecular flexibility index (Phi) is 4.45. The first-order chi connectivity index (χ1) is 11.3. The van der Waals surface area contributed by atoms with Crippen LogP contribution in [-0.4, -0.2) is 33.3 Å². The Morgan fingerprint density at radius 2 is 1.83 bits per heavy atom. The molecule has 0 radical (unpaired) electrons. The fourth-order valence-electron chi connectivity index (χ4n) is 3.01. The summed E-state index contributed by atoms with van der Waals surface area (Å²) in [5.74, 6) is -0.441. The van der Waals surface area contributed by atoms with Crippen molar-refractivity contribution < 1.29 is 18.3 Å². The molecule has 0 saturated carbocycles. The van der Waals surface area contributed by atoms with Gasteiger partial charge >= 0.3 is 6.18 Å². The Morgan fingerprint density at radius 1 is 1.12 bits per heavy atom. The molecule has 2 heterocycles. The number of nitrogens with zero attached hydrogens (tertiary/aromatic N) is 3. The molecule has 0 unspecified atom stereocenters. The molecule has 1 N–H and O–H groups in total. The van der Waals surface area contributed by atoms with Crippen molar-refractivity contribution in [2.45, 2.75) is 32.5 Å². The summed E-state index contributed by atoms with van der Waals surface area (Å²) in [7, 11) is 0. The first-order valence-electron chi connectivity index (χ1n) is 7.81. The molecule has 0 bridgehead atoms. The molecule has 1 aromatic heterocycles. The third-order valence-electron chi connectivity index (χ3n) is 4.20. The zero-order chi connectivity index (χ0) is 17.3. The molecule has 2 aromatic rings. The van der Waals surface area contributed by atoms with E-state index in [1.54, 1.807) is 12.1 Å². The van der Waals surface area contributed by atoms with Gasteiger partial charge in [-0.3, -0.25) is 4.90 Å². The van der Waals surface area contributed by atoms with Crippen LogP contribution in [0.1, 0.15) is 29.7 Å². The van der Waals surface area contributed by atoms with Crippen LogP contribution in [0.5, 0.6) is 5.75 Å². The second-order valence-corrected chi connectivity index (χ2v) is 6.08. The summed E-state index contributed by atoms with van der Waals surface area (Å²) in [6, 6.07) is 5.22. The predicted molar refractivity (Wildman–Crippen MR) is 83.4 cm³/mol. The molecule has 3 rings (SSSR count). The van der Waals surface area contributed by atoms with E-state index in [1.165, 1.54) is 19.8 Å². The van der Waals surface area contributed by atoms with E-state index in [0.717, 1.165) is 30.9 Å². The van der Waals surface area contributed by atoms with Gasteiger partial charge in [0.15, 0.2) is 0 Å². The highest BCUT2D eigenvalue weighted by atomic mass is 19.4. The fourth-order valence-corrected chi connectivity index (χ4v) is 3.01. The first kappa shape index (κ1) is 16.7. The van der Waals surface area contributed by atoms with E-state index in [4.69, 9.17) is 0 Å². The minimum atomic E-state index is -4.49. The number of likely N-dealkylation sites (tertiary alicyclic amines) is 1. The van der Waals surface area contributed by atoms with Gasteiger partial charge in [0, 0.05) is 12.1 Å². The zero-order valence-corrected chi connectivity index (χ0v) is 13.3. The number of alkyl halides is 3. The minimum Gasteiger partial charge on any atom is -0.507 e. The maximum atomic E-state index is 12.8. The van der Waals surface area contributed by atoms with Gasteiger partial charge in [-0.05, 0) is 62.7 Å². The lowest BCUT2D eigenvalue weighted by atomic mass is 10.0. The standard InChI is InChI=1S/C17H18F3N3O/c1-11-8-12(17(18,19)20)9-15(24)16(11)14-5-4-13(21-22-14)10-23-6-2-3-7-23/h4-5,8-9,24H,2-3,6-7,10H2,1H3. The second kappa shape index (κ2) is 6.39. The van der Waals surface area contributed by atoms with Crippen LogP contribution >= 0.6 is 0 Å². The van der Waals surface area contributed by atoms with Crippen molar-refractivity contribution >= 4 is 0 Å². The quantitative estimate of drug-likeness (QED) is 0.926. The molecule has 0 amide bonds. The number of aromatic hydroxyl groups is 1. The SMILES string of the molecule is Cc1cc(C(F)(F)F)cc(O)c1-c1ccc(CN2CCCC2)nn1. The average Bonchev–Trinajstić information content (AvgIpc) is 3.00. The van der Waals surface area contributed by atoms with Crippen molar-refractivity contribution in [3.05, 3.63) is 41.1 Å². The van der Waals surface area contributed by atoms with Crippen LogP contribution in [0, 0.1) is 6.92 Å². The van der Waals surface area contributed by atoms with Crippen LogP contribution in [0.2, 0.25) is 0 Å². The molecular weight excluding hydrogens is 319 g/mol. The van der Waals surface area contributed by atoms with Crippen molar-refractivity contribution in [1.29, 1.82) is 0 Å². The van der Waals surface area contributed by atoms with Crippen LogP contribution in [-0.2, 0) is 12.7 Å². The highest BCUT2D eigenvalue weighted by Gasteiger charge is 2.32. The summed E-state index contributed by atoms with van der Waals surface area (Å²) in [4.78, 5) is 2.28. The molecule has 1 aliphatic heterocycles. The Hall–Kier alpha value is -2.15. The predicted octanol–water partition coefficient (Wildman–Crippen LogP) is 3.77. The number of rotatable bonds is 3. The van der Waals surface area contributed by atoms with Crippen molar-refractivity contribution in [3.8, 4) is 17.0 Å². The Morgan fingerprint density at radius 3 is 2.38 bits per heavy atom. The van der Waals surface area contributed by atoms with Gasteiger partial charge in [0.2, 0.25) is 0 Å². The van der Waals surface area contributed by atoms with Crippen LogP contribution in [0.3, 0.4) is 0 Å². The second-order valence-electron chi connectivity index (χ2n) is 6.08. The summed E-state index contributed by atoms with van der Waals surface area (Å²) in [6.07, 6.45) is -2.12. The number of aromatic nitrogens is 2. The van der Waals surface area contributed by atoms with Gasteiger partial charge in [0.25, 0.3) is 0 Å². The lowest BCUT2D eigenvalue weighted by Crippen LogP contribution is -2.19. The lowest BCUT2D eigenvalue weighted by Gasteiger charge is -2.14. The van der Waals surface area contributed by atoms with E-state index >= 15 is 0 Å². The van der Waals surface area contributed by atoms with E-state index in [-0.39, 0.29) is 5.56 Å². The summed E-state index contributed by atoms with van der Waals surface area (Å²) in [5.41, 5.74) is 0.889. The third-order valence-corrected chi connectivity index (χ3v) is 4.20. The number of hydrogen-bond acceptors (Lipinski definition) is 4. The summed E-state index contributed by atoms with van der Waals surface area (Å²) < 4.78 is 38.4. The molecule has 24 heavy (non-hydrogen) atoms. The van der Waals surface area contributed by atoms with Crippen LogP contribution in [0.15, 0.2) is 24.3 Å². The summed E-state index contributed by atoms with van der Waals surface area (Å²) in [6.45, 7) is 4.32. The van der Waals surface area contributed by atoms with Gasteiger partial charge in [-0.15, -0.1) is 0 Å². The molecule has 1 aromatic carbocycles.